The van der Waals surface area contributed by atoms with Crippen LogP contribution in [0.5, 0.6) is 10.9 Å². The molecule has 2 N–H and O–H groups in total. The molecule has 0 saturated heterocycles. The van der Waals surface area contributed by atoms with Gasteiger partial charge in [-0.05, 0) is 24.2 Å². The largest absolute Gasteiger partial charge is 0.496 e. The number of rotatable bonds is 12. The van der Waals surface area contributed by atoms with Crippen LogP contribution in [0.1, 0.15) is 15.9 Å². The quantitative estimate of drug-likeness (QED) is 0.127. The van der Waals surface area contributed by atoms with E-state index < -0.39 is 14.0 Å². The third-order valence-electron chi connectivity index (χ3n) is 6.61. The van der Waals surface area contributed by atoms with Gasteiger partial charge in [-0.1, -0.05) is 71.9 Å². The van der Waals surface area contributed by atoms with E-state index in [1.54, 1.807) is 30.1 Å². The van der Waals surface area contributed by atoms with Gasteiger partial charge in [0.05, 0.1) is 29.4 Å². The van der Waals surface area contributed by atoms with Gasteiger partial charge in [0, 0.05) is 43.0 Å². The first-order valence-corrected chi connectivity index (χ1v) is 18.2. The Morgan fingerprint density at radius 2 is 1.93 bits per heavy atom. The van der Waals surface area contributed by atoms with Crippen LogP contribution < -0.4 is 15.2 Å². The highest BCUT2D eigenvalue weighted by Gasteiger charge is 2.23. The first-order chi connectivity index (χ1) is 20.2. The van der Waals surface area contributed by atoms with Crippen LogP contribution in [0, 0.1) is 0 Å². The Morgan fingerprint density at radius 1 is 1.12 bits per heavy atom. The zero-order valence-electron chi connectivity index (χ0n) is 23.8. The highest BCUT2D eigenvalue weighted by atomic mass is 35.5. The van der Waals surface area contributed by atoms with Gasteiger partial charge in [-0.25, -0.2) is 4.68 Å². The van der Waals surface area contributed by atoms with Crippen molar-refractivity contribution in [3.05, 3.63) is 71.0 Å². The SMILES string of the molecule is COc1ccccc1-c1c(C(N)=O)ccnc1-c1nnc(OCc2ccc(Cl)c3c2cnn3COCC[Si](C)(C)C)s1. The Hall–Kier alpha value is -3.84. The Kier molecular flexibility index (Phi) is 8.87. The lowest BCUT2D eigenvalue weighted by atomic mass is 9.97. The number of carbonyl (C=O) groups excluding carboxylic acids is 1. The van der Waals surface area contributed by atoms with Gasteiger partial charge in [-0.2, -0.15) is 5.10 Å². The number of nitrogens with two attached hydrogens (primary N) is 1. The summed E-state index contributed by atoms with van der Waals surface area (Å²) in [6.45, 7) is 8.18. The van der Waals surface area contributed by atoms with Gasteiger partial charge in [-0.3, -0.25) is 9.78 Å². The van der Waals surface area contributed by atoms with Gasteiger partial charge < -0.3 is 19.9 Å². The van der Waals surface area contributed by atoms with Crippen molar-refractivity contribution in [3.8, 4) is 32.8 Å². The summed E-state index contributed by atoms with van der Waals surface area (Å²) in [6.07, 6.45) is 3.29. The summed E-state index contributed by atoms with van der Waals surface area (Å²) in [5.74, 6) is -0.0155. The van der Waals surface area contributed by atoms with Crippen molar-refractivity contribution < 1.29 is 19.0 Å². The lowest BCUT2D eigenvalue weighted by Gasteiger charge is -2.15. The fourth-order valence-corrected chi connectivity index (χ4v) is 6.14. The van der Waals surface area contributed by atoms with Gasteiger partial charge in [0.2, 0.25) is 5.91 Å². The average Bonchev–Trinajstić information content (AvgIpc) is 3.62. The Bertz CT molecular complexity index is 1740. The molecule has 10 nitrogen and oxygen atoms in total. The van der Waals surface area contributed by atoms with E-state index in [0.29, 0.717) is 56.7 Å². The summed E-state index contributed by atoms with van der Waals surface area (Å²) in [5, 5.41) is 15.3. The number of primary amides is 1. The highest BCUT2D eigenvalue weighted by molar-refractivity contribution is 7.16. The van der Waals surface area contributed by atoms with Crippen molar-refractivity contribution in [2.45, 2.75) is 39.0 Å². The van der Waals surface area contributed by atoms with E-state index in [9.17, 15) is 4.79 Å². The number of fused-ring (bicyclic) bond motifs is 1. The van der Waals surface area contributed by atoms with Gasteiger partial charge in [0.25, 0.3) is 5.19 Å². The molecule has 0 atom stereocenters. The van der Waals surface area contributed by atoms with Crippen molar-refractivity contribution in [1.82, 2.24) is 25.0 Å². The molecule has 13 heteroatoms. The number of amides is 1. The van der Waals surface area contributed by atoms with E-state index in [1.807, 2.05) is 30.3 Å². The number of pyridine rings is 1. The molecule has 0 spiro atoms. The van der Waals surface area contributed by atoms with Crippen LogP contribution in [0.25, 0.3) is 32.7 Å². The summed E-state index contributed by atoms with van der Waals surface area (Å²) in [4.78, 5) is 16.9. The van der Waals surface area contributed by atoms with E-state index in [1.165, 1.54) is 17.5 Å². The van der Waals surface area contributed by atoms with Crippen LogP contribution in [0.3, 0.4) is 0 Å². The van der Waals surface area contributed by atoms with Crippen molar-refractivity contribution in [3.63, 3.8) is 0 Å². The van der Waals surface area contributed by atoms with Crippen molar-refractivity contribution in [2.24, 2.45) is 5.73 Å². The number of carbonyl (C=O) groups is 1. The number of nitrogens with zero attached hydrogens (tertiary/aromatic N) is 5. The first kappa shape index (κ1) is 29.6. The Labute approximate surface area is 253 Å². The topological polar surface area (TPSA) is 127 Å². The smallest absolute Gasteiger partial charge is 0.294 e. The predicted molar refractivity (Wildman–Crippen MR) is 167 cm³/mol. The number of halogens is 1. The zero-order valence-corrected chi connectivity index (χ0v) is 26.3. The fourth-order valence-electron chi connectivity index (χ4n) is 4.42. The number of benzene rings is 2. The summed E-state index contributed by atoms with van der Waals surface area (Å²) in [7, 11) is 0.378. The average molecular weight is 623 g/mol. The molecule has 2 aromatic carbocycles. The van der Waals surface area contributed by atoms with E-state index in [-0.39, 0.29) is 6.61 Å². The molecule has 5 aromatic rings. The second kappa shape index (κ2) is 12.6. The summed E-state index contributed by atoms with van der Waals surface area (Å²) in [6, 6.07) is 13.7. The number of ether oxygens (including phenoxy) is 3. The zero-order chi connectivity index (χ0) is 29.9. The second-order valence-electron chi connectivity index (χ2n) is 10.8. The van der Waals surface area contributed by atoms with Gasteiger partial charge in [0.1, 0.15) is 24.8 Å². The molecule has 218 valence electrons. The summed E-state index contributed by atoms with van der Waals surface area (Å²) < 4.78 is 19.3. The van der Waals surface area contributed by atoms with Gasteiger partial charge in [0.15, 0.2) is 5.01 Å². The monoisotopic (exact) mass is 622 g/mol. The maximum Gasteiger partial charge on any atom is 0.294 e. The molecule has 3 aromatic heterocycles. The molecule has 0 aliphatic carbocycles. The maximum absolute atomic E-state index is 12.4. The standard InChI is InChI=1S/C29H31ClN6O4SSi/c1-38-23-8-6-5-7-19(23)24-20(27(31)37)11-12-32-25(24)28-34-35-29(41-28)40-16-18-9-10-22(30)26-21(18)15-33-36(26)17-39-13-14-42(2,3)4/h5-12,15H,13-14,16-17H2,1-4H3,(H2,31,37). The maximum atomic E-state index is 12.4. The molecular weight excluding hydrogens is 592 g/mol. The van der Waals surface area contributed by atoms with Crippen molar-refractivity contribution in [1.29, 1.82) is 0 Å². The van der Waals surface area contributed by atoms with E-state index in [4.69, 9.17) is 31.5 Å². The van der Waals surface area contributed by atoms with Crippen LogP contribution >= 0.6 is 22.9 Å². The highest BCUT2D eigenvalue weighted by Crippen LogP contribution is 2.40. The molecular formula is C29H31ClN6O4SSi. The van der Waals surface area contributed by atoms with Crippen LogP contribution in [0.2, 0.25) is 30.7 Å². The lowest BCUT2D eigenvalue weighted by molar-refractivity contribution is 0.0817. The van der Waals surface area contributed by atoms with E-state index in [2.05, 4.69) is 39.9 Å². The number of aromatic nitrogens is 5. The van der Waals surface area contributed by atoms with Gasteiger partial charge >= 0.3 is 0 Å². The minimum atomic E-state index is -1.19. The Morgan fingerprint density at radius 3 is 2.69 bits per heavy atom. The fraction of sp³-hybridized carbons (Fsp3) is 0.276. The third kappa shape index (κ3) is 6.46. The molecule has 1 amide bonds. The molecule has 42 heavy (non-hydrogen) atoms. The molecule has 0 radical (unpaired) electrons. The van der Waals surface area contributed by atoms with Crippen molar-refractivity contribution >= 4 is 47.8 Å². The molecule has 0 saturated carbocycles. The van der Waals surface area contributed by atoms with Crippen LogP contribution in [-0.2, 0) is 18.1 Å². The van der Waals surface area contributed by atoms with Crippen LogP contribution in [-0.4, -0.2) is 52.7 Å². The minimum Gasteiger partial charge on any atom is -0.496 e. The molecule has 0 bridgehead atoms. The van der Waals surface area contributed by atoms with Gasteiger partial charge in [-0.15, -0.1) is 5.10 Å². The van der Waals surface area contributed by atoms with Crippen molar-refractivity contribution in [2.75, 3.05) is 13.7 Å². The van der Waals surface area contributed by atoms with E-state index >= 15 is 0 Å². The number of hydrogen-bond donors (Lipinski definition) is 1. The number of hydrogen-bond acceptors (Lipinski definition) is 9. The predicted octanol–water partition coefficient (Wildman–Crippen LogP) is 6.27. The number of methoxy groups -OCH3 is 1. The first-order valence-electron chi connectivity index (χ1n) is 13.3. The summed E-state index contributed by atoms with van der Waals surface area (Å²) in [5.41, 5.74) is 9.34. The molecule has 0 unspecified atom stereocenters. The molecule has 3 heterocycles. The molecule has 0 fully saturated rings. The van der Waals surface area contributed by atoms with Crippen LogP contribution in [0.4, 0.5) is 0 Å². The summed E-state index contributed by atoms with van der Waals surface area (Å²) >= 11 is 7.77. The van der Waals surface area contributed by atoms with E-state index in [0.717, 1.165) is 22.5 Å². The normalized spacial score (nSPS) is 11.6. The van der Waals surface area contributed by atoms with Crippen LogP contribution in [0.15, 0.2) is 54.9 Å². The minimum absolute atomic E-state index is 0.221. The number of para-hydroxylation sites is 1. The third-order valence-corrected chi connectivity index (χ3v) is 9.46. The molecule has 0 aliphatic heterocycles. The second-order valence-corrected chi connectivity index (χ2v) is 17.7. The Balaban J connectivity index is 1.38. The molecule has 5 rings (SSSR count). The molecule has 0 aliphatic rings. The lowest BCUT2D eigenvalue weighted by Crippen LogP contribution is -2.22.